The van der Waals surface area contributed by atoms with Crippen LogP contribution in [-0.2, 0) is 0 Å². The Balaban J connectivity index is 1.76. The van der Waals surface area contributed by atoms with Gasteiger partial charge in [-0.05, 0) is 45.7 Å². The van der Waals surface area contributed by atoms with Crippen LogP contribution in [0.15, 0.2) is 18.3 Å². The number of hydrogen-bond donors (Lipinski definition) is 2. The molecule has 2 rings (SSSR count). The van der Waals surface area contributed by atoms with Crippen molar-refractivity contribution in [1.29, 1.82) is 0 Å². The second-order valence-electron chi connectivity index (χ2n) is 5.26. The zero-order chi connectivity index (χ0) is 15.2. The Labute approximate surface area is 126 Å². The molecule has 0 spiro atoms. The van der Waals surface area contributed by atoms with E-state index >= 15 is 0 Å². The molecule has 0 saturated carbocycles. The van der Waals surface area contributed by atoms with Crippen LogP contribution in [0.3, 0.4) is 0 Å². The first-order chi connectivity index (χ1) is 10.1. The van der Waals surface area contributed by atoms with Crippen molar-refractivity contribution in [3.63, 3.8) is 0 Å². The number of aromatic nitrogens is 3. The molecule has 0 unspecified atom stereocenters. The number of aryl methyl sites for hydroxylation is 3. The highest BCUT2D eigenvalue weighted by Gasteiger charge is 2.04. The van der Waals surface area contributed by atoms with Crippen molar-refractivity contribution < 1.29 is 0 Å². The van der Waals surface area contributed by atoms with Crippen LogP contribution in [0.2, 0.25) is 0 Å². The van der Waals surface area contributed by atoms with Crippen LogP contribution in [0, 0.1) is 27.7 Å². The van der Waals surface area contributed by atoms with Crippen LogP contribution in [0.4, 0.5) is 11.6 Å². The van der Waals surface area contributed by atoms with Crippen molar-refractivity contribution in [2.45, 2.75) is 34.1 Å². The minimum Gasteiger partial charge on any atom is -0.370 e. The number of pyridine rings is 1. The number of nitrogens with zero attached hydrogens (tertiary/aromatic N) is 3. The second-order valence-corrected chi connectivity index (χ2v) is 5.26. The number of rotatable bonds is 6. The van der Waals surface area contributed by atoms with Gasteiger partial charge in [-0.2, -0.15) is 0 Å². The Morgan fingerprint density at radius 2 is 1.71 bits per heavy atom. The molecule has 0 fully saturated rings. The molecule has 112 valence electrons. The average molecular weight is 285 g/mol. The Morgan fingerprint density at radius 1 is 0.952 bits per heavy atom. The quantitative estimate of drug-likeness (QED) is 0.799. The van der Waals surface area contributed by atoms with Crippen molar-refractivity contribution in [3.8, 4) is 0 Å². The summed E-state index contributed by atoms with van der Waals surface area (Å²) >= 11 is 0. The molecule has 21 heavy (non-hydrogen) atoms. The molecule has 0 aliphatic carbocycles. The molecule has 0 amide bonds. The van der Waals surface area contributed by atoms with Crippen LogP contribution < -0.4 is 10.6 Å². The summed E-state index contributed by atoms with van der Waals surface area (Å²) in [5, 5.41) is 6.69. The van der Waals surface area contributed by atoms with Gasteiger partial charge in [-0.3, -0.25) is 0 Å². The van der Waals surface area contributed by atoms with Gasteiger partial charge in [-0.1, -0.05) is 6.07 Å². The zero-order valence-corrected chi connectivity index (χ0v) is 13.2. The summed E-state index contributed by atoms with van der Waals surface area (Å²) in [5.74, 6) is 2.67. The van der Waals surface area contributed by atoms with Crippen molar-refractivity contribution >= 4 is 11.6 Å². The Bertz CT molecular complexity index is 592. The average Bonchev–Trinajstić information content (AvgIpc) is 2.45. The monoisotopic (exact) mass is 285 g/mol. The normalized spacial score (nSPS) is 10.5. The lowest BCUT2D eigenvalue weighted by Gasteiger charge is -2.11. The SMILES string of the molecule is Cc1ccc(NCCCNc2nc(C)nc(C)c2C)nc1. The lowest BCUT2D eigenvalue weighted by Crippen LogP contribution is -2.12. The van der Waals surface area contributed by atoms with E-state index in [1.807, 2.05) is 40.0 Å². The molecule has 5 nitrogen and oxygen atoms in total. The number of nitrogens with one attached hydrogen (secondary N) is 2. The van der Waals surface area contributed by atoms with E-state index < -0.39 is 0 Å². The summed E-state index contributed by atoms with van der Waals surface area (Å²) in [7, 11) is 0. The Morgan fingerprint density at radius 3 is 2.43 bits per heavy atom. The number of anilines is 2. The van der Waals surface area contributed by atoms with E-state index in [1.54, 1.807) is 0 Å². The molecule has 2 aromatic heterocycles. The molecular weight excluding hydrogens is 262 g/mol. The topological polar surface area (TPSA) is 62.7 Å². The molecule has 5 heteroatoms. The van der Waals surface area contributed by atoms with Gasteiger partial charge >= 0.3 is 0 Å². The predicted molar refractivity (Wildman–Crippen MR) is 86.8 cm³/mol. The summed E-state index contributed by atoms with van der Waals surface area (Å²) in [5.41, 5.74) is 3.33. The maximum absolute atomic E-state index is 4.44. The highest BCUT2D eigenvalue weighted by molar-refractivity contribution is 5.45. The lowest BCUT2D eigenvalue weighted by molar-refractivity contribution is 0.886. The molecule has 0 bridgehead atoms. The van der Waals surface area contributed by atoms with Gasteiger partial charge in [-0.25, -0.2) is 15.0 Å². The number of hydrogen-bond acceptors (Lipinski definition) is 5. The fraction of sp³-hybridized carbons (Fsp3) is 0.438. The first-order valence-electron chi connectivity index (χ1n) is 7.28. The van der Waals surface area contributed by atoms with Gasteiger partial charge in [0.15, 0.2) is 0 Å². The lowest BCUT2D eigenvalue weighted by atomic mass is 10.2. The Kier molecular flexibility index (Phi) is 5.09. The molecule has 2 aromatic rings. The molecule has 0 atom stereocenters. The molecule has 0 saturated heterocycles. The van der Waals surface area contributed by atoms with E-state index in [9.17, 15) is 0 Å². The van der Waals surface area contributed by atoms with E-state index in [1.165, 1.54) is 5.56 Å². The first-order valence-corrected chi connectivity index (χ1v) is 7.28. The van der Waals surface area contributed by atoms with Gasteiger partial charge in [0, 0.05) is 30.5 Å². The molecule has 0 aliphatic rings. The van der Waals surface area contributed by atoms with Gasteiger partial charge in [0.25, 0.3) is 0 Å². The summed E-state index contributed by atoms with van der Waals surface area (Å²) in [4.78, 5) is 13.1. The first kappa shape index (κ1) is 15.2. The fourth-order valence-electron chi connectivity index (χ4n) is 2.02. The van der Waals surface area contributed by atoms with Crippen LogP contribution in [0.1, 0.15) is 29.1 Å². The van der Waals surface area contributed by atoms with E-state index in [0.29, 0.717) is 0 Å². The van der Waals surface area contributed by atoms with Gasteiger partial charge < -0.3 is 10.6 Å². The van der Waals surface area contributed by atoms with Crippen LogP contribution in [0.5, 0.6) is 0 Å². The van der Waals surface area contributed by atoms with E-state index in [2.05, 4.69) is 31.7 Å². The summed E-state index contributed by atoms with van der Waals surface area (Å²) in [6.45, 7) is 9.77. The van der Waals surface area contributed by atoms with Crippen LogP contribution in [0.25, 0.3) is 0 Å². The molecule has 0 aliphatic heterocycles. The van der Waals surface area contributed by atoms with Gasteiger partial charge in [0.1, 0.15) is 17.5 Å². The van der Waals surface area contributed by atoms with E-state index in [-0.39, 0.29) is 0 Å². The summed E-state index contributed by atoms with van der Waals surface area (Å²) < 4.78 is 0. The minimum atomic E-state index is 0.808. The van der Waals surface area contributed by atoms with Gasteiger partial charge in [0.05, 0.1) is 0 Å². The minimum absolute atomic E-state index is 0.808. The highest BCUT2D eigenvalue weighted by atomic mass is 15.0. The highest BCUT2D eigenvalue weighted by Crippen LogP contribution is 2.14. The molecule has 2 N–H and O–H groups in total. The van der Waals surface area contributed by atoms with Gasteiger partial charge in [0.2, 0.25) is 0 Å². The van der Waals surface area contributed by atoms with Gasteiger partial charge in [-0.15, -0.1) is 0 Å². The predicted octanol–water partition coefficient (Wildman–Crippen LogP) is 3.02. The van der Waals surface area contributed by atoms with Crippen molar-refractivity contribution in [2.75, 3.05) is 23.7 Å². The second kappa shape index (κ2) is 7.02. The van der Waals surface area contributed by atoms with Crippen molar-refractivity contribution in [3.05, 3.63) is 41.0 Å². The standard InChI is InChI=1S/C16H23N5/c1-11-6-7-15(19-10-11)17-8-5-9-18-16-12(2)13(3)20-14(4)21-16/h6-7,10H,5,8-9H2,1-4H3,(H,17,19)(H,18,20,21). The van der Waals surface area contributed by atoms with Crippen LogP contribution >= 0.6 is 0 Å². The maximum Gasteiger partial charge on any atom is 0.132 e. The third kappa shape index (κ3) is 4.41. The van der Waals surface area contributed by atoms with E-state index in [4.69, 9.17) is 0 Å². The molecule has 2 heterocycles. The molecule has 0 radical (unpaired) electrons. The zero-order valence-electron chi connectivity index (χ0n) is 13.2. The third-order valence-corrected chi connectivity index (χ3v) is 3.36. The third-order valence-electron chi connectivity index (χ3n) is 3.36. The summed E-state index contributed by atoms with van der Waals surface area (Å²) in [6.07, 6.45) is 2.87. The molecule has 0 aromatic carbocycles. The van der Waals surface area contributed by atoms with Crippen molar-refractivity contribution in [1.82, 2.24) is 15.0 Å². The molecular formula is C16H23N5. The largest absolute Gasteiger partial charge is 0.370 e. The summed E-state index contributed by atoms with van der Waals surface area (Å²) in [6, 6.07) is 4.06. The van der Waals surface area contributed by atoms with Crippen molar-refractivity contribution in [2.24, 2.45) is 0 Å². The fourth-order valence-corrected chi connectivity index (χ4v) is 2.02. The maximum atomic E-state index is 4.44. The Hall–Kier alpha value is -2.17. The smallest absolute Gasteiger partial charge is 0.132 e. The van der Waals surface area contributed by atoms with E-state index in [0.717, 1.165) is 48.2 Å². The van der Waals surface area contributed by atoms with Crippen LogP contribution in [-0.4, -0.2) is 28.0 Å².